The van der Waals surface area contributed by atoms with Gasteiger partial charge in [-0.3, -0.25) is 19.2 Å². The van der Waals surface area contributed by atoms with E-state index in [0.717, 1.165) is 0 Å². The molecule has 11 nitrogen and oxygen atoms in total. The summed E-state index contributed by atoms with van der Waals surface area (Å²) in [5.41, 5.74) is -0.680. The average molecular weight is 586 g/mol. The molecular weight excluding hydrogens is 558 g/mol. The lowest BCUT2D eigenvalue weighted by Crippen LogP contribution is -2.60. The van der Waals surface area contributed by atoms with Gasteiger partial charge in [-0.05, 0) is 24.7 Å². The lowest BCUT2D eigenvalue weighted by Gasteiger charge is -2.49. The molecule has 4 rings (SSSR count). The highest BCUT2D eigenvalue weighted by Crippen LogP contribution is 2.55. The summed E-state index contributed by atoms with van der Waals surface area (Å²) in [5, 5.41) is 48.2. The number of aromatic hydroxyl groups is 1. The number of halogens is 4. The van der Waals surface area contributed by atoms with Crippen molar-refractivity contribution in [3.8, 4) is 5.75 Å². The third kappa shape index (κ3) is 4.82. The fraction of sp³-hybridized carbons (Fsp3) is 0.462. The number of rotatable bonds is 6. The molecule has 15 heteroatoms. The number of benzene rings is 1. The van der Waals surface area contributed by atoms with Gasteiger partial charge in [0.2, 0.25) is 11.7 Å². The Balaban J connectivity index is 1.77. The van der Waals surface area contributed by atoms with E-state index in [2.05, 4.69) is 0 Å². The average Bonchev–Trinajstić information content (AvgIpc) is 2.83. The van der Waals surface area contributed by atoms with Crippen LogP contribution < -0.4 is 16.4 Å². The molecule has 0 aliphatic heterocycles. The van der Waals surface area contributed by atoms with Crippen molar-refractivity contribution in [1.82, 2.24) is 5.32 Å². The molecule has 0 bridgehead atoms. The third-order valence-electron chi connectivity index (χ3n) is 7.80. The van der Waals surface area contributed by atoms with Crippen LogP contribution in [0.5, 0.6) is 5.75 Å². The topological polar surface area (TPSA) is 199 Å². The van der Waals surface area contributed by atoms with Crippen LogP contribution in [0.3, 0.4) is 0 Å². The number of fused-ring (bicyclic) bond motifs is 3. The van der Waals surface area contributed by atoms with Crippen molar-refractivity contribution < 1.29 is 57.2 Å². The summed E-state index contributed by atoms with van der Waals surface area (Å²) in [6.45, 7) is 0.887. The lowest BCUT2D eigenvalue weighted by atomic mass is 9.55. The second-order valence-corrected chi connectivity index (χ2v) is 10.7. The molecular formula is C26H27F4N3O8. The van der Waals surface area contributed by atoms with Gasteiger partial charge < -0.3 is 36.8 Å². The number of amides is 2. The van der Waals surface area contributed by atoms with Crippen molar-refractivity contribution in [3.05, 3.63) is 45.7 Å². The van der Waals surface area contributed by atoms with Gasteiger partial charge in [0.25, 0.3) is 5.91 Å². The minimum atomic E-state index is -4.61. The van der Waals surface area contributed by atoms with Gasteiger partial charge in [-0.25, -0.2) is 4.39 Å². The highest BCUT2D eigenvalue weighted by molar-refractivity contribution is 6.24. The second kappa shape index (κ2) is 10.1. The molecule has 0 radical (unpaired) electrons. The Hall–Kier alpha value is -3.98. The fourth-order valence-corrected chi connectivity index (χ4v) is 6.12. The summed E-state index contributed by atoms with van der Waals surface area (Å²) in [7, 11) is 0. The normalized spacial score (nSPS) is 26.1. The zero-order valence-corrected chi connectivity index (χ0v) is 21.7. The zero-order chi connectivity index (χ0) is 30.8. The Morgan fingerprint density at radius 3 is 2.39 bits per heavy atom. The maximum atomic E-state index is 15.2. The summed E-state index contributed by atoms with van der Waals surface area (Å²) in [6.07, 6.45) is -5.13. The van der Waals surface area contributed by atoms with Gasteiger partial charge in [-0.15, -0.1) is 0 Å². The number of alkyl halides is 3. The van der Waals surface area contributed by atoms with Crippen molar-refractivity contribution in [2.45, 2.75) is 38.5 Å². The van der Waals surface area contributed by atoms with Crippen LogP contribution in [-0.2, 0) is 20.8 Å². The highest BCUT2D eigenvalue weighted by Gasteiger charge is 2.63. The predicted molar refractivity (Wildman–Crippen MR) is 132 cm³/mol. The first kappa shape index (κ1) is 30.0. The predicted octanol–water partition coefficient (Wildman–Crippen LogP) is 1.69. The van der Waals surface area contributed by atoms with Crippen molar-refractivity contribution in [1.29, 1.82) is 0 Å². The first-order valence-electron chi connectivity index (χ1n) is 12.5. The number of Topliss-reactive ketones (excluding diaryl/α,β-unsaturated/α-hetero) is 2. The van der Waals surface area contributed by atoms with E-state index in [4.69, 9.17) is 5.73 Å². The summed E-state index contributed by atoms with van der Waals surface area (Å²) in [5.74, 6) is -12.6. The largest absolute Gasteiger partial charge is 0.511 e. The Bertz CT molecular complexity index is 1430. The van der Waals surface area contributed by atoms with E-state index < -0.39 is 117 Å². The number of primary amides is 1. The minimum Gasteiger partial charge on any atom is -0.511 e. The van der Waals surface area contributed by atoms with Crippen LogP contribution in [-0.4, -0.2) is 68.7 Å². The third-order valence-corrected chi connectivity index (χ3v) is 7.80. The molecule has 41 heavy (non-hydrogen) atoms. The molecule has 4 atom stereocenters. The Labute approximate surface area is 229 Å². The number of ketones is 2. The number of phenolic OH excluding ortho intramolecular Hbond substituents is 1. The summed E-state index contributed by atoms with van der Waals surface area (Å²) in [4.78, 5) is 51.0. The van der Waals surface area contributed by atoms with Crippen molar-refractivity contribution in [3.63, 3.8) is 0 Å². The Kier molecular flexibility index (Phi) is 7.41. The number of allylic oxidation sites excluding steroid dienone is 2. The summed E-state index contributed by atoms with van der Waals surface area (Å²) < 4.78 is 52.2. The van der Waals surface area contributed by atoms with E-state index in [1.807, 2.05) is 10.6 Å². The lowest BCUT2D eigenvalue weighted by molar-refractivity contribution is -0.149. The molecule has 0 aromatic heterocycles. The molecule has 8 N–H and O–H groups in total. The molecule has 2 unspecified atom stereocenters. The van der Waals surface area contributed by atoms with Gasteiger partial charge in [0.1, 0.15) is 22.9 Å². The number of nitrogens with one attached hydrogen (secondary N) is 2. The van der Waals surface area contributed by atoms with Gasteiger partial charge in [0.05, 0.1) is 24.3 Å². The fourth-order valence-electron chi connectivity index (χ4n) is 6.12. The Morgan fingerprint density at radius 2 is 1.83 bits per heavy atom. The Morgan fingerprint density at radius 1 is 1.20 bits per heavy atom. The van der Waals surface area contributed by atoms with Crippen LogP contribution in [0, 0.1) is 29.5 Å². The molecule has 0 spiro atoms. The van der Waals surface area contributed by atoms with Crippen LogP contribution in [0.15, 0.2) is 28.7 Å². The monoisotopic (exact) mass is 585 g/mol. The van der Waals surface area contributed by atoms with Crippen LogP contribution in [0.25, 0.3) is 0 Å². The quantitative estimate of drug-likeness (QED) is 0.147. The van der Waals surface area contributed by atoms with E-state index in [-0.39, 0.29) is 18.4 Å². The maximum absolute atomic E-state index is 15.2. The molecule has 0 saturated carbocycles. The second-order valence-electron chi connectivity index (χ2n) is 10.7. The molecule has 2 amide bonds. The number of nitrogens with two attached hydrogens (primary N) is 1. The SMILES string of the molecule is CC(C)C1C(O)=C(C(N)=O)C(=O)[C@@]2(O)C(O)=C3C(=O)c4c(O)c(NC(=O)CNCC(F)(F)F)cc(F)c4CC3C[C@@H]12. The van der Waals surface area contributed by atoms with Gasteiger partial charge >= 0.3 is 6.18 Å². The van der Waals surface area contributed by atoms with Gasteiger partial charge in [0.15, 0.2) is 17.1 Å². The van der Waals surface area contributed by atoms with E-state index in [0.29, 0.717) is 6.07 Å². The maximum Gasteiger partial charge on any atom is 0.401 e. The smallest absolute Gasteiger partial charge is 0.401 e. The van der Waals surface area contributed by atoms with Gasteiger partial charge in [-0.2, -0.15) is 13.2 Å². The van der Waals surface area contributed by atoms with Crippen molar-refractivity contribution in [2.24, 2.45) is 29.4 Å². The number of aliphatic hydroxyl groups is 3. The van der Waals surface area contributed by atoms with Gasteiger partial charge in [-0.1, -0.05) is 13.8 Å². The minimum absolute atomic E-state index is 0.213. The molecule has 222 valence electrons. The first-order valence-corrected chi connectivity index (χ1v) is 12.5. The molecule has 0 heterocycles. The van der Waals surface area contributed by atoms with Crippen LogP contribution in [0.2, 0.25) is 0 Å². The molecule has 3 aliphatic rings. The van der Waals surface area contributed by atoms with E-state index in [9.17, 15) is 52.8 Å². The van der Waals surface area contributed by atoms with Crippen molar-refractivity contribution >= 4 is 29.1 Å². The van der Waals surface area contributed by atoms with E-state index >= 15 is 4.39 Å². The van der Waals surface area contributed by atoms with Crippen LogP contribution in [0.4, 0.5) is 23.2 Å². The molecule has 3 aliphatic carbocycles. The zero-order valence-electron chi connectivity index (χ0n) is 21.7. The van der Waals surface area contributed by atoms with E-state index in [1.165, 1.54) is 0 Å². The summed E-state index contributed by atoms with van der Waals surface area (Å²) in [6, 6.07) is 0.686. The standard InChI is InChI=1S/C26H27F4N3O8/c1-8(2)15-11-4-9-3-10-12(27)5-13(33-14(34)6-32-7-25(28,29)30)19(35)17(10)21(37)16(9)22(38)26(11,41)23(39)18(20(15)36)24(31)40/h5,8-9,11,15,32,35-36,38,41H,3-4,6-7H2,1-2H3,(H2,31,40)(H,33,34)/t9?,11-,15?,26-/m0/s1. The highest BCUT2D eigenvalue weighted by atomic mass is 19.4. The number of hydrogen-bond donors (Lipinski definition) is 7. The number of carbonyl (C=O) groups is 4. The number of phenols is 1. The first-order chi connectivity index (χ1) is 18.9. The van der Waals surface area contributed by atoms with Crippen molar-refractivity contribution in [2.75, 3.05) is 18.4 Å². The van der Waals surface area contributed by atoms with Gasteiger partial charge in [0, 0.05) is 29.0 Å². The molecule has 0 fully saturated rings. The number of hydrogen-bond acceptors (Lipinski definition) is 9. The number of carbonyl (C=O) groups excluding carboxylic acids is 4. The molecule has 1 aromatic carbocycles. The number of anilines is 1. The summed E-state index contributed by atoms with van der Waals surface area (Å²) >= 11 is 0. The van der Waals surface area contributed by atoms with E-state index in [1.54, 1.807) is 13.8 Å². The molecule has 1 aromatic rings. The molecule has 0 saturated heterocycles. The van der Waals surface area contributed by atoms with Crippen LogP contribution >= 0.6 is 0 Å². The number of aliphatic hydroxyl groups excluding tert-OH is 2. The van der Waals surface area contributed by atoms with Crippen LogP contribution in [0.1, 0.15) is 36.2 Å².